The number of carbonyl (C=O) groups excluding carboxylic acids is 1. The van der Waals surface area contributed by atoms with Crippen molar-refractivity contribution in [1.29, 1.82) is 0 Å². The van der Waals surface area contributed by atoms with Crippen molar-refractivity contribution in [2.24, 2.45) is 5.92 Å². The average molecular weight is 186 g/mol. The average Bonchev–Trinajstić information content (AvgIpc) is 2.82. The molecule has 0 aromatic rings. The van der Waals surface area contributed by atoms with Crippen molar-refractivity contribution in [3.05, 3.63) is 0 Å². The van der Waals surface area contributed by atoms with Gasteiger partial charge in [0.05, 0.1) is 19.3 Å². The van der Waals surface area contributed by atoms with Gasteiger partial charge in [-0.15, -0.1) is 0 Å². The summed E-state index contributed by atoms with van der Waals surface area (Å²) in [7, 11) is 1.30. The fourth-order valence-corrected chi connectivity index (χ4v) is 2.24. The van der Waals surface area contributed by atoms with Crippen LogP contribution in [0, 0.1) is 5.92 Å². The smallest absolute Gasteiger partial charge is 0.337 e. The third-order valence-corrected chi connectivity index (χ3v) is 2.95. The first-order chi connectivity index (χ1) is 6.07. The Morgan fingerprint density at radius 2 is 2.31 bits per heavy atom. The van der Waals surface area contributed by atoms with Crippen LogP contribution in [0.25, 0.3) is 0 Å². The molecule has 1 aliphatic heterocycles. The summed E-state index contributed by atoms with van der Waals surface area (Å²) in [5.74, 6) is -0.295. The van der Waals surface area contributed by atoms with Crippen LogP contribution >= 0.6 is 0 Å². The van der Waals surface area contributed by atoms with E-state index in [1.807, 2.05) is 6.92 Å². The van der Waals surface area contributed by atoms with Crippen LogP contribution in [0.5, 0.6) is 0 Å². The summed E-state index contributed by atoms with van der Waals surface area (Å²) in [6.45, 7) is 1.98. The Kier molecular flexibility index (Phi) is 1.85. The Morgan fingerprint density at radius 1 is 1.62 bits per heavy atom. The number of fused-ring (bicyclic) bond motifs is 1. The lowest BCUT2D eigenvalue weighted by molar-refractivity contribution is -0.166. The molecule has 2 fully saturated rings. The van der Waals surface area contributed by atoms with Crippen LogP contribution < -0.4 is 0 Å². The van der Waals surface area contributed by atoms with Gasteiger partial charge in [-0.25, -0.2) is 4.79 Å². The lowest BCUT2D eigenvalue weighted by atomic mass is 9.79. The summed E-state index contributed by atoms with van der Waals surface area (Å²) in [6.07, 6.45) is 1.15. The summed E-state index contributed by atoms with van der Waals surface area (Å²) in [4.78, 5) is 11.3. The molecule has 1 unspecified atom stereocenters. The molecule has 1 aliphatic carbocycles. The highest BCUT2D eigenvalue weighted by Gasteiger charge is 2.57. The van der Waals surface area contributed by atoms with Gasteiger partial charge in [-0.3, -0.25) is 0 Å². The second-order valence-electron chi connectivity index (χ2n) is 4.05. The van der Waals surface area contributed by atoms with E-state index in [1.54, 1.807) is 0 Å². The van der Waals surface area contributed by atoms with Gasteiger partial charge in [0.1, 0.15) is 0 Å². The zero-order valence-corrected chi connectivity index (χ0v) is 7.82. The fourth-order valence-electron chi connectivity index (χ4n) is 2.24. The molecule has 2 rings (SSSR count). The number of epoxide rings is 1. The van der Waals surface area contributed by atoms with E-state index in [4.69, 9.17) is 4.74 Å². The highest BCUT2D eigenvalue weighted by molar-refractivity contribution is 5.79. The van der Waals surface area contributed by atoms with Crippen molar-refractivity contribution in [3.63, 3.8) is 0 Å². The van der Waals surface area contributed by atoms with E-state index in [2.05, 4.69) is 4.74 Å². The van der Waals surface area contributed by atoms with Crippen molar-refractivity contribution in [2.45, 2.75) is 37.6 Å². The topological polar surface area (TPSA) is 59.1 Å². The van der Waals surface area contributed by atoms with Crippen LogP contribution in [0.1, 0.15) is 19.8 Å². The van der Waals surface area contributed by atoms with E-state index in [9.17, 15) is 9.90 Å². The highest BCUT2D eigenvalue weighted by Crippen LogP contribution is 2.45. The Bertz CT molecular complexity index is 240. The van der Waals surface area contributed by atoms with Gasteiger partial charge in [-0.05, 0) is 12.3 Å². The van der Waals surface area contributed by atoms with Crippen molar-refractivity contribution in [1.82, 2.24) is 0 Å². The van der Waals surface area contributed by atoms with E-state index in [-0.39, 0.29) is 18.1 Å². The van der Waals surface area contributed by atoms with Gasteiger partial charge in [0.2, 0.25) is 0 Å². The zero-order valence-electron chi connectivity index (χ0n) is 7.82. The third-order valence-electron chi connectivity index (χ3n) is 2.95. The largest absolute Gasteiger partial charge is 0.467 e. The predicted molar refractivity (Wildman–Crippen MR) is 44.0 cm³/mol. The SMILES string of the molecule is COC(=O)[C@@]1(O)CC2O[C@@H]2[C@H](C)C1. The Morgan fingerprint density at radius 3 is 2.85 bits per heavy atom. The standard InChI is InChI=1S/C9H14O4/c1-5-3-9(11,8(10)12-2)4-6-7(5)13-6/h5-7,11H,3-4H2,1-2H3/t5-,6?,7-,9+/m1/s1. The Labute approximate surface area is 76.8 Å². The van der Waals surface area contributed by atoms with E-state index >= 15 is 0 Å². The monoisotopic (exact) mass is 186 g/mol. The lowest BCUT2D eigenvalue weighted by Crippen LogP contribution is -2.46. The minimum absolute atomic E-state index is 0.0628. The van der Waals surface area contributed by atoms with Crippen LogP contribution in [0.15, 0.2) is 0 Å². The number of rotatable bonds is 1. The molecule has 4 heteroatoms. The molecular weight excluding hydrogens is 172 g/mol. The maximum Gasteiger partial charge on any atom is 0.337 e. The summed E-state index contributed by atoms with van der Waals surface area (Å²) >= 11 is 0. The van der Waals surface area contributed by atoms with Crippen LogP contribution in [0.3, 0.4) is 0 Å². The molecule has 0 bridgehead atoms. The van der Waals surface area contributed by atoms with Crippen LogP contribution in [0.4, 0.5) is 0 Å². The van der Waals surface area contributed by atoms with Gasteiger partial charge in [0.25, 0.3) is 0 Å². The molecule has 0 aromatic carbocycles. The van der Waals surface area contributed by atoms with Gasteiger partial charge in [0, 0.05) is 6.42 Å². The summed E-state index contributed by atoms with van der Waals surface area (Å²) in [6, 6.07) is 0. The van der Waals surface area contributed by atoms with Gasteiger partial charge in [-0.2, -0.15) is 0 Å². The highest BCUT2D eigenvalue weighted by atomic mass is 16.6. The number of aliphatic hydroxyl groups is 1. The lowest BCUT2D eigenvalue weighted by Gasteiger charge is -2.30. The Balaban J connectivity index is 2.10. The molecule has 4 atom stereocenters. The van der Waals surface area contributed by atoms with E-state index in [0.29, 0.717) is 12.8 Å². The number of hydrogen-bond donors (Lipinski definition) is 1. The summed E-state index contributed by atoms with van der Waals surface area (Å²) in [5.41, 5.74) is -1.31. The van der Waals surface area contributed by atoms with Crippen molar-refractivity contribution >= 4 is 5.97 Å². The van der Waals surface area contributed by atoms with E-state index < -0.39 is 11.6 Å². The molecule has 1 saturated carbocycles. The molecule has 13 heavy (non-hydrogen) atoms. The first-order valence-electron chi connectivity index (χ1n) is 4.53. The fraction of sp³-hybridized carbons (Fsp3) is 0.889. The van der Waals surface area contributed by atoms with Crippen LogP contribution in [0.2, 0.25) is 0 Å². The molecule has 4 nitrogen and oxygen atoms in total. The molecule has 0 radical (unpaired) electrons. The minimum atomic E-state index is -1.31. The maximum absolute atomic E-state index is 11.3. The molecule has 1 N–H and O–H groups in total. The second-order valence-corrected chi connectivity index (χ2v) is 4.05. The van der Waals surface area contributed by atoms with Crippen molar-refractivity contribution in [3.8, 4) is 0 Å². The second kappa shape index (κ2) is 2.69. The molecule has 74 valence electrons. The van der Waals surface area contributed by atoms with Gasteiger partial charge >= 0.3 is 5.97 Å². The van der Waals surface area contributed by atoms with Crippen LogP contribution in [-0.4, -0.2) is 36.0 Å². The predicted octanol–water partition coefficient (Wildman–Crippen LogP) is 0.0878. The molecule has 0 amide bonds. The number of esters is 1. The van der Waals surface area contributed by atoms with E-state index in [1.165, 1.54) is 7.11 Å². The van der Waals surface area contributed by atoms with Gasteiger partial charge in [-0.1, -0.05) is 6.92 Å². The Hall–Kier alpha value is -0.610. The van der Waals surface area contributed by atoms with Crippen LogP contribution in [-0.2, 0) is 14.3 Å². The molecular formula is C9H14O4. The molecule has 2 aliphatic rings. The minimum Gasteiger partial charge on any atom is -0.467 e. The first-order valence-corrected chi connectivity index (χ1v) is 4.53. The number of hydrogen-bond acceptors (Lipinski definition) is 4. The maximum atomic E-state index is 11.3. The molecule has 0 aromatic heterocycles. The third kappa shape index (κ3) is 1.34. The quantitative estimate of drug-likeness (QED) is 0.465. The summed E-state index contributed by atoms with van der Waals surface area (Å²) in [5, 5.41) is 9.95. The zero-order chi connectivity index (χ0) is 9.64. The van der Waals surface area contributed by atoms with Gasteiger partial charge in [0.15, 0.2) is 5.60 Å². The number of ether oxygens (including phenoxy) is 2. The van der Waals surface area contributed by atoms with Gasteiger partial charge < -0.3 is 14.6 Å². The first kappa shape index (κ1) is 8.97. The van der Waals surface area contributed by atoms with E-state index in [0.717, 1.165) is 0 Å². The van der Waals surface area contributed by atoms with Crippen molar-refractivity contribution < 1.29 is 19.4 Å². The van der Waals surface area contributed by atoms with Crippen molar-refractivity contribution in [2.75, 3.05) is 7.11 Å². The summed E-state index contributed by atoms with van der Waals surface area (Å²) < 4.78 is 9.88. The molecule has 0 spiro atoms. The normalized spacial score (nSPS) is 48.1. The number of methoxy groups -OCH3 is 1. The molecule has 1 saturated heterocycles. The molecule has 1 heterocycles. The number of carbonyl (C=O) groups is 1.